The van der Waals surface area contributed by atoms with Gasteiger partial charge in [-0.1, -0.05) is 29.8 Å². The fourth-order valence-corrected chi connectivity index (χ4v) is 2.68. The number of halogens is 1. The number of benzene rings is 2. The summed E-state index contributed by atoms with van der Waals surface area (Å²) in [6.45, 7) is 1.87. The molecule has 3 aromatic rings. The summed E-state index contributed by atoms with van der Waals surface area (Å²) in [5, 5.41) is 11.4. The van der Waals surface area contributed by atoms with Crippen molar-refractivity contribution in [2.45, 2.75) is 13.0 Å². The molecule has 0 saturated carbocycles. The fourth-order valence-electron chi connectivity index (χ4n) is 2.39. The molecule has 0 spiro atoms. The number of nitrogens with zero attached hydrogens (tertiary/aromatic N) is 3. The molecule has 0 radical (unpaired) electrons. The highest BCUT2D eigenvalue weighted by Gasteiger charge is 2.16. The Bertz CT molecular complexity index is 900. The highest BCUT2D eigenvalue weighted by atomic mass is 35.5. The van der Waals surface area contributed by atoms with E-state index in [0.29, 0.717) is 22.2 Å². The molecule has 7 heteroatoms. The fraction of sp³-hybridized carbons (Fsp3) is 0.111. The smallest absolute Gasteiger partial charge is 0.269 e. The van der Waals surface area contributed by atoms with Crippen molar-refractivity contribution in [3.8, 4) is 17.1 Å². The lowest BCUT2D eigenvalue weighted by Gasteiger charge is -2.17. The molecule has 1 aromatic heterocycles. The van der Waals surface area contributed by atoms with E-state index in [9.17, 15) is 10.1 Å². The summed E-state index contributed by atoms with van der Waals surface area (Å²) in [7, 11) is 0. The van der Waals surface area contributed by atoms with Gasteiger partial charge >= 0.3 is 0 Å². The molecule has 0 amide bonds. The quantitative estimate of drug-likeness (QED) is 0.483. The first-order valence-electron chi connectivity index (χ1n) is 7.53. The van der Waals surface area contributed by atoms with Gasteiger partial charge in [-0.3, -0.25) is 10.1 Å². The van der Waals surface area contributed by atoms with Crippen LogP contribution in [-0.2, 0) is 0 Å². The minimum atomic E-state index is -0.447. The summed E-state index contributed by atoms with van der Waals surface area (Å²) in [5.41, 5.74) is 2.04. The van der Waals surface area contributed by atoms with Crippen molar-refractivity contribution >= 4 is 17.3 Å². The van der Waals surface area contributed by atoms with Gasteiger partial charge in [0.15, 0.2) is 0 Å². The number of aromatic nitrogens is 2. The van der Waals surface area contributed by atoms with Gasteiger partial charge < -0.3 is 4.74 Å². The summed E-state index contributed by atoms with van der Waals surface area (Å²) < 4.78 is 5.95. The zero-order valence-electron chi connectivity index (χ0n) is 13.3. The van der Waals surface area contributed by atoms with Gasteiger partial charge in [0.2, 0.25) is 5.88 Å². The van der Waals surface area contributed by atoms with Gasteiger partial charge in [-0.25, -0.2) is 9.97 Å². The summed E-state index contributed by atoms with van der Waals surface area (Å²) in [6.07, 6.45) is 2.75. The molecular formula is C18H14ClN3O3. The second kappa shape index (κ2) is 7.27. The van der Waals surface area contributed by atoms with E-state index in [1.165, 1.54) is 18.3 Å². The van der Waals surface area contributed by atoms with Crippen LogP contribution in [0.4, 0.5) is 5.69 Å². The first-order valence-corrected chi connectivity index (χ1v) is 7.91. The molecule has 0 aliphatic carbocycles. The zero-order valence-corrected chi connectivity index (χ0v) is 14.1. The van der Waals surface area contributed by atoms with Crippen molar-refractivity contribution in [3.05, 3.63) is 81.6 Å². The third-order valence-corrected chi connectivity index (χ3v) is 3.99. The van der Waals surface area contributed by atoms with E-state index in [1.807, 2.05) is 25.1 Å². The molecule has 0 aliphatic heterocycles. The Morgan fingerprint density at radius 2 is 1.76 bits per heavy atom. The van der Waals surface area contributed by atoms with Crippen molar-refractivity contribution < 1.29 is 9.66 Å². The lowest BCUT2D eigenvalue weighted by Crippen LogP contribution is -2.06. The van der Waals surface area contributed by atoms with E-state index >= 15 is 0 Å². The SMILES string of the molecule is CC(Oc1nccnc1-c1ccc([N+](=O)[O-])cc1)c1ccccc1Cl. The van der Waals surface area contributed by atoms with Crippen molar-refractivity contribution in [3.63, 3.8) is 0 Å². The van der Waals surface area contributed by atoms with Crippen LogP contribution in [0.2, 0.25) is 5.02 Å². The van der Waals surface area contributed by atoms with Crippen LogP contribution in [0.3, 0.4) is 0 Å². The Balaban J connectivity index is 1.91. The van der Waals surface area contributed by atoms with Crippen molar-refractivity contribution in [2.24, 2.45) is 0 Å². The van der Waals surface area contributed by atoms with Crippen LogP contribution in [0, 0.1) is 10.1 Å². The van der Waals surface area contributed by atoms with Gasteiger partial charge in [0.25, 0.3) is 5.69 Å². The van der Waals surface area contributed by atoms with Crippen molar-refractivity contribution in [2.75, 3.05) is 0 Å². The van der Waals surface area contributed by atoms with Gasteiger partial charge in [-0.2, -0.15) is 0 Å². The molecule has 0 saturated heterocycles. The lowest BCUT2D eigenvalue weighted by molar-refractivity contribution is -0.384. The lowest BCUT2D eigenvalue weighted by atomic mass is 10.1. The maximum Gasteiger partial charge on any atom is 0.269 e. The Hall–Kier alpha value is -2.99. The standard InChI is InChI=1S/C18H14ClN3O3/c1-12(15-4-2-3-5-16(15)19)25-18-17(20-10-11-21-18)13-6-8-14(9-7-13)22(23)24/h2-12H,1H3. The third-order valence-electron chi connectivity index (χ3n) is 3.65. The van der Waals surface area contributed by atoms with E-state index in [1.54, 1.807) is 24.4 Å². The van der Waals surface area contributed by atoms with Crippen LogP contribution in [0.25, 0.3) is 11.3 Å². The Morgan fingerprint density at radius 3 is 2.44 bits per heavy atom. The van der Waals surface area contributed by atoms with Crippen LogP contribution in [-0.4, -0.2) is 14.9 Å². The summed E-state index contributed by atoms with van der Waals surface area (Å²) >= 11 is 6.21. The first-order chi connectivity index (χ1) is 12.1. The van der Waals surface area contributed by atoms with Crippen LogP contribution in [0.15, 0.2) is 60.9 Å². The predicted molar refractivity (Wildman–Crippen MR) is 94.6 cm³/mol. The molecule has 126 valence electrons. The maximum absolute atomic E-state index is 10.8. The van der Waals surface area contributed by atoms with E-state index < -0.39 is 4.92 Å². The Morgan fingerprint density at radius 1 is 1.08 bits per heavy atom. The third kappa shape index (κ3) is 3.75. The molecule has 6 nitrogen and oxygen atoms in total. The number of non-ortho nitro benzene ring substituents is 1. The molecule has 0 aliphatic rings. The molecule has 25 heavy (non-hydrogen) atoms. The summed E-state index contributed by atoms with van der Waals surface area (Å²) in [6, 6.07) is 13.5. The summed E-state index contributed by atoms with van der Waals surface area (Å²) in [4.78, 5) is 18.9. The van der Waals surface area contributed by atoms with Crippen LogP contribution in [0.1, 0.15) is 18.6 Å². The number of rotatable bonds is 5. The Labute approximate surface area is 149 Å². The monoisotopic (exact) mass is 355 g/mol. The molecule has 1 heterocycles. The second-order valence-electron chi connectivity index (χ2n) is 5.30. The van der Waals surface area contributed by atoms with Crippen LogP contribution in [0.5, 0.6) is 5.88 Å². The largest absolute Gasteiger partial charge is 0.468 e. The molecule has 0 bridgehead atoms. The highest BCUT2D eigenvalue weighted by Crippen LogP contribution is 2.32. The number of nitro groups is 1. The second-order valence-corrected chi connectivity index (χ2v) is 5.70. The van der Waals surface area contributed by atoms with Crippen LogP contribution >= 0.6 is 11.6 Å². The van der Waals surface area contributed by atoms with E-state index in [2.05, 4.69) is 9.97 Å². The van der Waals surface area contributed by atoms with Gasteiger partial charge in [-0.05, 0) is 25.1 Å². The maximum atomic E-state index is 10.8. The molecule has 0 N–H and O–H groups in total. The van der Waals surface area contributed by atoms with E-state index in [0.717, 1.165) is 5.56 Å². The molecule has 2 aromatic carbocycles. The average molecular weight is 356 g/mol. The predicted octanol–water partition coefficient (Wildman–Crippen LogP) is 4.85. The van der Waals surface area contributed by atoms with Gasteiger partial charge in [0.1, 0.15) is 11.8 Å². The Kier molecular flexibility index (Phi) is 4.90. The number of nitro benzene ring substituents is 1. The first kappa shape index (κ1) is 16.9. The molecule has 1 unspecified atom stereocenters. The topological polar surface area (TPSA) is 78.2 Å². The van der Waals surface area contributed by atoms with Gasteiger partial charge in [0, 0.05) is 40.7 Å². The van der Waals surface area contributed by atoms with Gasteiger partial charge in [0.05, 0.1) is 4.92 Å². The van der Waals surface area contributed by atoms with Crippen LogP contribution < -0.4 is 4.74 Å². The molecular weight excluding hydrogens is 342 g/mol. The molecule has 3 rings (SSSR count). The summed E-state index contributed by atoms with van der Waals surface area (Å²) in [5.74, 6) is 0.337. The van der Waals surface area contributed by atoms with Crippen molar-refractivity contribution in [1.82, 2.24) is 9.97 Å². The minimum absolute atomic E-state index is 0.0135. The van der Waals surface area contributed by atoms with Gasteiger partial charge in [-0.15, -0.1) is 0 Å². The minimum Gasteiger partial charge on any atom is -0.468 e. The average Bonchev–Trinajstić information content (AvgIpc) is 2.62. The van der Waals surface area contributed by atoms with E-state index in [4.69, 9.17) is 16.3 Å². The molecule has 1 atom stereocenters. The van der Waals surface area contributed by atoms with E-state index in [-0.39, 0.29) is 11.8 Å². The number of hydrogen-bond donors (Lipinski definition) is 0. The number of ether oxygens (including phenoxy) is 1. The normalized spacial score (nSPS) is 11.8. The molecule has 0 fully saturated rings. The van der Waals surface area contributed by atoms with Crippen molar-refractivity contribution in [1.29, 1.82) is 0 Å². The highest BCUT2D eigenvalue weighted by molar-refractivity contribution is 6.31. The zero-order chi connectivity index (χ0) is 17.8. The number of hydrogen-bond acceptors (Lipinski definition) is 5.